The van der Waals surface area contributed by atoms with Gasteiger partial charge >= 0.3 is 0 Å². The van der Waals surface area contributed by atoms with Gasteiger partial charge in [0.05, 0.1) is 0 Å². The Balaban J connectivity index is 2.19. The van der Waals surface area contributed by atoms with Crippen molar-refractivity contribution in [2.75, 3.05) is 27.2 Å². The van der Waals surface area contributed by atoms with Gasteiger partial charge in [-0.05, 0) is 47.3 Å². The first-order valence-corrected chi connectivity index (χ1v) is 8.78. The summed E-state index contributed by atoms with van der Waals surface area (Å²) in [5, 5.41) is 2.99. The van der Waals surface area contributed by atoms with E-state index in [0.717, 1.165) is 19.4 Å². The van der Waals surface area contributed by atoms with Gasteiger partial charge < -0.3 is 14.6 Å². The van der Waals surface area contributed by atoms with Crippen LogP contribution in [0.4, 0.5) is 0 Å². The summed E-state index contributed by atoms with van der Waals surface area (Å²) in [6.45, 7) is 5.44. The van der Waals surface area contributed by atoms with Crippen LogP contribution in [0.3, 0.4) is 0 Å². The predicted molar refractivity (Wildman–Crippen MR) is 81.8 cm³/mol. The summed E-state index contributed by atoms with van der Waals surface area (Å²) in [4.78, 5) is 2.49. The van der Waals surface area contributed by atoms with Crippen molar-refractivity contribution in [3.05, 3.63) is 17.1 Å². The summed E-state index contributed by atoms with van der Waals surface area (Å²) >= 11 is 0. The van der Waals surface area contributed by atoms with Crippen LogP contribution in [-0.2, 0) is 16.6 Å². The van der Waals surface area contributed by atoms with Gasteiger partial charge in [-0.3, -0.25) is 0 Å². The number of hydrogen-bond acceptors (Lipinski definition) is 5. The first kappa shape index (κ1) is 16.5. The summed E-state index contributed by atoms with van der Waals surface area (Å²) in [5.41, 5.74) is 0.710. The van der Waals surface area contributed by atoms with Crippen LogP contribution in [0, 0.1) is 13.8 Å². The van der Waals surface area contributed by atoms with E-state index in [1.54, 1.807) is 20.9 Å². The lowest BCUT2D eigenvalue weighted by atomic mass is 10.2. The molecule has 0 saturated carbocycles. The first-order valence-electron chi connectivity index (χ1n) is 7.30. The highest BCUT2D eigenvalue weighted by Crippen LogP contribution is 2.26. The second kappa shape index (κ2) is 6.48. The Bertz CT molecular complexity index is 595. The fraction of sp³-hybridized carbons (Fsp3) is 0.714. The first-order chi connectivity index (χ1) is 9.86. The fourth-order valence-electron chi connectivity index (χ4n) is 2.96. The third-order valence-corrected chi connectivity index (χ3v) is 5.75. The molecule has 1 fully saturated rings. The van der Waals surface area contributed by atoms with Gasteiger partial charge in [0, 0.05) is 24.7 Å². The molecule has 1 saturated heterocycles. The molecule has 0 radical (unpaired) electrons. The van der Waals surface area contributed by atoms with Gasteiger partial charge in [0.2, 0.25) is 10.0 Å². The van der Waals surface area contributed by atoms with E-state index in [0.29, 0.717) is 30.2 Å². The molecule has 1 unspecified atom stereocenters. The molecular weight excluding hydrogens is 290 g/mol. The largest absolute Gasteiger partial charge is 0.465 e. The van der Waals surface area contributed by atoms with E-state index in [2.05, 4.69) is 14.9 Å². The third-order valence-electron chi connectivity index (χ3n) is 4.13. The number of likely N-dealkylation sites (tertiary alicyclic amines) is 1. The van der Waals surface area contributed by atoms with Crippen molar-refractivity contribution in [1.82, 2.24) is 14.9 Å². The zero-order chi connectivity index (χ0) is 15.6. The lowest BCUT2D eigenvalue weighted by Crippen LogP contribution is -2.38. The predicted octanol–water partition coefficient (Wildman–Crippen LogP) is 0.988. The Morgan fingerprint density at radius 2 is 2.05 bits per heavy atom. The molecule has 1 aliphatic heterocycles. The van der Waals surface area contributed by atoms with Crippen molar-refractivity contribution in [1.29, 1.82) is 0 Å². The van der Waals surface area contributed by atoms with E-state index in [-0.39, 0.29) is 10.9 Å². The molecule has 7 heteroatoms. The quantitative estimate of drug-likeness (QED) is 0.819. The summed E-state index contributed by atoms with van der Waals surface area (Å²) in [7, 11) is 0.280. The maximum absolute atomic E-state index is 12.6. The number of sulfonamides is 1. The van der Waals surface area contributed by atoms with Crippen LogP contribution in [0.25, 0.3) is 0 Å². The van der Waals surface area contributed by atoms with Crippen LogP contribution in [-0.4, -0.2) is 46.5 Å². The molecule has 1 aromatic rings. The van der Waals surface area contributed by atoms with Crippen molar-refractivity contribution >= 4 is 10.0 Å². The maximum Gasteiger partial charge on any atom is 0.244 e. The number of aryl methyl sites for hydroxylation is 2. The highest BCUT2D eigenvalue weighted by Gasteiger charge is 2.28. The van der Waals surface area contributed by atoms with Gasteiger partial charge in [-0.15, -0.1) is 0 Å². The number of likely N-dealkylation sites (N-methyl/N-ethyl adjacent to an activating group) is 1. The molecule has 1 atom stereocenters. The Kier molecular flexibility index (Phi) is 5.08. The summed E-state index contributed by atoms with van der Waals surface area (Å²) < 4.78 is 33.5. The van der Waals surface area contributed by atoms with Crippen LogP contribution in [0.5, 0.6) is 0 Å². The van der Waals surface area contributed by atoms with E-state index in [1.165, 1.54) is 0 Å². The lowest BCUT2D eigenvalue weighted by Gasteiger charge is -2.19. The molecule has 0 aromatic carbocycles. The molecule has 6 nitrogen and oxygen atoms in total. The van der Waals surface area contributed by atoms with Gasteiger partial charge in [-0.2, -0.15) is 0 Å². The number of hydrogen-bond donors (Lipinski definition) is 2. The van der Waals surface area contributed by atoms with Crippen molar-refractivity contribution in [2.45, 2.75) is 44.2 Å². The van der Waals surface area contributed by atoms with Crippen molar-refractivity contribution in [3.63, 3.8) is 0 Å². The maximum atomic E-state index is 12.6. The molecule has 21 heavy (non-hydrogen) atoms. The highest BCUT2D eigenvalue weighted by molar-refractivity contribution is 7.89. The molecule has 2 heterocycles. The lowest BCUT2D eigenvalue weighted by molar-refractivity contribution is 0.310. The molecular formula is C14H25N3O3S. The van der Waals surface area contributed by atoms with Gasteiger partial charge in [-0.25, -0.2) is 13.1 Å². The van der Waals surface area contributed by atoms with Crippen LogP contribution < -0.4 is 10.0 Å². The standard InChI is InChI=1S/C14H25N3O3S/c1-10-13(9-15-3)14(11(2)20-10)21(18,19)16-8-12-6-5-7-17(12)4/h12,15-16H,5-9H2,1-4H3. The average molecular weight is 315 g/mol. The smallest absolute Gasteiger partial charge is 0.244 e. The molecule has 0 aliphatic carbocycles. The van der Waals surface area contributed by atoms with E-state index in [4.69, 9.17) is 4.42 Å². The average Bonchev–Trinajstić information content (AvgIpc) is 2.92. The zero-order valence-electron chi connectivity index (χ0n) is 13.2. The molecule has 0 spiro atoms. The Hall–Kier alpha value is -0.890. The topological polar surface area (TPSA) is 74.6 Å². The zero-order valence-corrected chi connectivity index (χ0v) is 14.0. The van der Waals surface area contributed by atoms with E-state index < -0.39 is 10.0 Å². The van der Waals surface area contributed by atoms with E-state index in [9.17, 15) is 8.42 Å². The Morgan fingerprint density at radius 1 is 1.33 bits per heavy atom. The number of nitrogens with zero attached hydrogens (tertiary/aromatic N) is 1. The minimum Gasteiger partial charge on any atom is -0.465 e. The SMILES string of the molecule is CNCc1c(C)oc(C)c1S(=O)(=O)NCC1CCCN1C. The molecule has 0 bridgehead atoms. The molecule has 0 amide bonds. The van der Waals surface area contributed by atoms with Crippen molar-refractivity contribution < 1.29 is 12.8 Å². The summed E-state index contributed by atoms with van der Waals surface area (Å²) in [6.07, 6.45) is 2.16. The van der Waals surface area contributed by atoms with E-state index in [1.807, 2.05) is 7.05 Å². The normalized spacial score (nSPS) is 20.3. The second-order valence-electron chi connectivity index (χ2n) is 5.68. The summed E-state index contributed by atoms with van der Waals surface area (Å²) in [6, 6.07) is 0.279. The minimum atomic E-state index is -3.54. The fourth-order valence-corrected chi connectivity index (χ4v) is 4.47. The summed E-state index contributed by atoms with van der Waals surface area (Å²) in [5.74, 6) is 1.10. The molecule has 1 aromatic heterocycles. The van der Waals surface area contributed by atoms with Crippen LogP contribution in [0.15, 0.2) is 9.31 Å². The Labute approximate surface area is 126 Å². The van der Waals surface area contributed by atoms with Crippen LogP contribution in [0.1, 0.15) is 29.9 Å². The van der Waals surface area contributed by atoms with Crippen LogP contribution in [0.2, 0.25) is 0 Å². The molecule has 1 aliphatic rings. The van der Waals surface area contributed by atoms with Gasteiger partial charge in [0.1, 0.15) is 16.4 Å². The van der Waals surface area contributed by atoms with E-state index >= 15 is 0 Å². The number of nitrogens with one attached hydrogen (secondary N) is 2. The van der Waals surface area contributed by atoms with Crippen molar-refractivity contribution in [2.24, 2.45) is 0 Å². The van der Waals surface area contributed by atoms with Gasteiger partial charge in [-0.1, -0.05) is 0 Å². The van der Waals surface area contributed by atoms with Crippen LogP contribution >= 0.6 is 0 Å². The minimum absolute atomic E-state index is 0.279. The Morgan fingerprint density at radius 3 is 2.62 bits per heavy atom. The monoisotopic (exact) mass is 315 g/mol. The highest BCUT2D eigenvalue weighted by atomic mass is 32.2. The molecule has 2 rings (SSSR count). The number of rotatable bonds is 6. The van der Waals surface area contributed by atoms with Crippen molar-refractivity contribution in [3.8, 4) is 0 Å². The molecule has 120 valence electrons. The number of furan rings is 1. The van der Waals surface area contributed by atoms with Gasteiger partial charge in [0.15, 0.2) is 0 Å². The molecule has 2 N–H and O–H groups in total. The second-order valence-corrected chi connectivity index (χ2v) is 7.38. The van der Waals surface area contributed by atoms with Gasteiger partial charge in [0.25, 0.3) is 0 Å². The third kappa shape index (κ3) is 3.48.